The lowest BCUT2D eigenvalue weighted by Gasteiger charge is -2.17. The van der Waals surface area contributed by atoms with E-state index in [0.29, 0.717) is 13.1 Å². The Morgan fingerprint density at radius 2 is 2.04 bits per heavy atom. The van der Waals surface area contributed by atoms with Gasteiger partial charge < -0.3 is 10.6 Å². The Bertz CT molecular complexity index is 907. The number of fused-ring (bicyclic) bond motifs is 1. The highest BCUT2D eigenvalue weighted by Gasteiger charge is 2.34. The summed E-state index contributed by atoms with van der Waals surface area (Å²) in [6.45, 7) is 2.09. The van der Waals surface area contributed by atoms with E-state index in [1.807, 2.05) is 31.6 Å². The van der Waals surface area contributed by atoms with E-state index in [-0.39, 0.29) is 30.2 Å². The molecule has 2 aromatic carbocycles. The van der Waals surface area contributed by atoms with Crippen LogP contribution in [0, 0.1) is 5.92 Å². The maximum atomic E-state index is 12.7. The molecule has 2 atom stereocenters. The van der Waals surface area contributed by atoms with Crippen LogP contribution in [-0.4, -0.2) is 28.8 Å². The van der Waals surface area contributed by atoms with Crippen LogP contribution in [0.5, 0.6) is 0 Å². The number of hydrogen-bond acceptors (Lipinski definition) is 3. The summed E-state index contributed by atoms with van der Waals surface area (Å²) in [4.78, 5) is 12.7. The lowest BCUT2D eigenvalue weighted by Crippen LogP contribution is -2.33. The van der Waals surface area contributed by atoms with Gasteiger partial charge >= 0.3 is 0 Å². The summed E-state index contributed by atoms with van der Waals surface area (Å²) in [5.41, 5.74) is 2.24. The van der Waals surface area contributed by atoms with E-state index in [1.54, 1.807) is 4.68 Å². The Hall–Kier alpha value is -2.37. The van der Waals surface area contributed by atoms with Crippen molar-refractivity contribution >= 4 is 29.1 Å². The highest BCUT2D eigenvalue weighted by atomic mass is 35.5. The van der Waals surface area contributed by atoms with Crippen molar-refractivity contribution in [1.82, 2.24) is 20.4 Å². The molecule has 1 saturated heterocycles. The van der Waals surface area contributed by atoms with E-state index in [9.17, 15) is 4.79 Å². The standard InChI is InChI=1S/C20H22N4O.ClH/c1-24-13-17(10-23-24)18-11-21-12-19(18)20(25)22-9-14-6-7-15-4-2-3-5-16(15)8-14;/h2-8,10,13,18-19,21H,9,11-12H2,1H3,(H,22,25);1H/t18-,19+;/m1./s1. The van der Waals surface area contributed by atoms with Gasteiger partial charge in [0.25, 0.3) is 0 Å². The monoisotopic (exact) mass is 370 g/mol. The van der Waals surface area contributed by atoms with Crippen molar-refractivity contribution in [3.05, 3.63) is 66.0 Å². The minimum Gasteiger partial charge on any atom is -0.352 e. The maximum absolute atomic E-state index is 12.7. The van der Waals surface area contributed by atoms with Crippen LogP contribution in [0.4, 0.5) is 0 Å². The van der Waals surface area contributed by atoms with E-state index in [4.69, 9.17) is 0 Å². The number of carbonyl (C=O) groups excluding carboxylic acids is 1. The molecule has 6 heteroatoms. The topological polar surface area (TPSA) is 59.0 Å². The summed E-state index contributed by atoms with van der Waals surface area (Å²) >= 11 is 0. The summed E-state index contributed by atoms with van der Waals surface area (Å²) in [5, 5.41) is 13.1. The number of benzene rings is 2. The van der Waals surface area contributed by atoms with Crippen LogP contribution >= 0.6 is 12.4 Å². The van der Waals surface area contributed by atoms with Crippen molar-refractivity contribution < 1.29 is 4.79 Å². The molecule has 0 radical (unpaired) electrons. The Balaban J connectivity index is 0.00000196. The van der Waals surface area contributed by atoms with Gasteiger partial charge in [-0.1, -0.05) is 36.4 Å². The number of carbonyl (C=O) groups is 1. The van der Waals surface area contributed by atoms with E-state index < -0.39 is 0 Å². The summed E-state index contributed by atoms with van der Waals surface area (Å²) in [6, 6.07) is 14.6. The third-order valence-corrected chi connectivity index (χ3v) is 4.98. The highest BCUT2D eigenvalue weighted by molar-refractivity contribution is 5.85. The maximum Gasteiger partial charge on any atom is 0.225 e. The molecule has 1 amide bonds. The average molecular weight is 371 g/mol. The van der Waals surface area contributed by atoms with E-state index >= 15 is 0 Å². The lowest BCUT2D eigenvalue weighted by atomic mass is 9.90. The minimum atomic E-state index is -0.0512. The van der Waals surface area contributed by atoms with Crippen molar-refractivity contribution in [2.75, 3.05) is 13.1 Å². The van der Waals surface area contributed by atoms with Gasteiger partial charge in [-0.15, -0.1) is 12.4 Å². The van der Waals surface area contributed by atoms with Gasteiger partial charge in [0, 0.05) is 38.8 Å². The second kappa shape index (κ2) is 7.89. The summed E-state index contributed by atoms with van der Waals surface area (Å²) in [5.74, 6) is 0.238. The molecule has 0 spiro atoms. The predicted octanol–water partition coefficient (Wildman–Crippen LogP) is 2.61. The Kier molecular flexibility index (Phi) is 5.59. The molecule has 136 valence electrons. The zero-order valence-corrected chi connectivity index (χ0v) is 15.5. The molecule has 5 nitrogen and oxygen atoms in total. The molecule has 2 N–H and O–H groups in total. The third-order valence-electron chi connectivity index (χ3n) is 4.98. The van der Waals surface area contributed by atoms with Gasteiger partial charge in [-0.2, -0.15) is 5.10 Å². The zero-order valence-electron chi connectivity index (χ0n) is 14.7. The molecule has 3 aromatic rings. The van der Waals surface area contributed by atoms with E-state index in [1.165, 1.54) is 10.8 Å². The minimum absolute atomic E-state index is 0. The number of rotatable bonds is 4. The molecular formula is C20H23ClN4O. The summed E-state index contributed by atoms with van der Waals surface area (Å²) in [7, 11) is 1.90. The molecule has 1 aliphatic heterocycles. The first-order valence-electron chi connectivity index (χ1n) is 8.65. The molecular weight excluding hydrogens is 348 g/mol. The van der Waals surface area contributed by atoms with Crippen molar-refractivity contribution in [3.63, 3.8) is 0 Å². The highest BCUT2D eigenvalue weighted by Crippen LogP contribution is 2.28. The molecule has 2 heterocycles. The number of nitrogens with one attached hydrogen (secondary N) is 2. The van der Waals surface area contributed by atoms with Gasteiger partial charge in [0.1, 0.15) is 0 Å². The fraction of sp³-hybridized carbons (Fsp3) is 0.300. The van der Waals surface area contributed by atoms with Crippen LogP contribution in [0.2, 0.25) is 0 Å². The summed E-state index contributed by atoms with van der Waals surface area (Å²) in [6.07, 6.45) is 3.86. The number of aromatic nitrogens is 2. The van der Waals surface area contributed by atoms with E-state index in [0.717, 1.165) is 17.7 Å². The molecule has 0 saturated carbocycles. The first-order chi connectivity index (χ1) is 12.2. The van der Waals surface area contributed by atoms with Gasteiger partial charge in [0.2, 0.25) is 5.91 Å². The lowest BCUT2D eigenvalue weighted by molar-refractivity contribution is -0.125. The van der Waals surface area contributed by atoms with Crippen molar-refractivity contribution in [3.8, 4) is 0 Å². The molecule has 26 heavy (non-hydrogen) atoms. The van der Waals surface area contributed by atoms with Crippen LogP contribution in [0.3, 0.4) is 0 Å². The molecule has 0 aliphatic carbocycles. The quantitative estimate of drug-likeness (QED) is 0.742. The Labute approximate surface area is 159 Å². The smallest absolute Gasteiger partial charge is 0.225 e. The van der Waals surface area contributed by atoms with Crippen LogP contribution in [0.25, 0.3) is 10.8 Å². The molecule has 1 aromatic heterocycles. The number of aryl methyl sites for hydroxylation is 1. The Morgan fingerprint density at radius 1 is 1.23 bits per heavy atom. The first kappa shape index (κ1) is 18.4. The zero-order chi connectivity index (χ0) is 17.2. The molecule has 1 aliphatic rings. The number of hydrogen-bond donors (Lipinski definition) is 2. The van der Waals surface area contributed by atoms with Gasteiger partial charge in [-0.3, -0.25) is 9.48 Å². The number of halogens is 1. The van der Waals surface area contributed by atoms with Crippen molar-refractivity contribution in [2.45, 2.75) is 12.5 Å². The third kappa shape index (κ3) is 3.74. The van der Waals surface area contributed by atoms with Gasteiger partial charge in [0.15, 0.2) is 0 Å². The number of nitrogens with zero attached hydrogens (tertiary/aromatic N) is 2. The van der Waals surface area contributed by atoms with Crippen LogP contribution < -0.4 is 10.6 Å². The van der Waals surface area contributed by atoms with Gasteiger partial charge in [0.05, 0.1) is 12.1 Å². The molecule has 4 rings (SSSR count). The van der Waals surface area contributed by atoms with Crippen LogP contribution in [0.15, 0.2) is 54.9 Å². The fourth-order valence-electron chi connectivity index (χ4n) is 3.61. The van der Waals surface area contributed by atoms with Crippen LogP contribution in [0.1, 0.15) is 17.0 Å². The second-order valence-corrected chi connectivity index (χ2v) is 6.72. The second-order valence-electron chi connectivity index (χ2n) is 6.72. The molecule has 0 bridgehead atoms. The van der Waals surface area contributed by atoms with Gasteiger partial charge in [-0.25, -0.2) is 0 Å². The fourth-order valence-corrected chi connectivity index (χ4v) is 3.61. The average Bonchev–Trinajstić information content (AvgIpc) is 3.28. The predicted molar refractivity (Wildman–Crippen MR) is 105 cm³/mol. The van der Waals surface area contributed by atoms with Crippen molar-refractivity contribution in [2.24, 2.45) is 13.0 Å². The van der Waals surface area contributed by atoms with Crippen LogP contribution in [-0.2, 0) is 18.4 Å². The number of amides is 1. The van der Waals surface area contributed by atoms with Crippen molar-refractivity contribution in [1.29, 1.82) is 0 Å². The Morgan fingerprint density at radius 3 is 2.81 bits per heavy atom. The molecule has 0 unspecified atom stereocenters. The SMILES string of the molecule is Cl.Cn1cc([C@H]2CNC[C@@H]2C(=O)NCc2ccc3ccccc3c2)cn1. The normalized spacial score (nSPS) is 19.3. The summed E-state index contributed by atoms with van der Waals surface area (Å²) < 4.78 is 1.79. The first-order valence-corrected chi connectivity index (χ1v) is 8.65. The van der Waals surface area contributed by atoms with Gasteiger partial charge in [-0.05, 0) is 28.0 Å². The molecule has 1 fully saturated rings. The largest absolute Gasteiger partial charge is 0.352 e. The van der Waals surface area contributed by atoms with E-state index in [2.05, 4.69) is 46.1 Å².